The number of carbonyl (C=O) groups is 1. The lowest BCUT2D eigenvalue weighted by Crippen LogP contribution is -2.18. The van der Waals surface area contributed by atoms with E-state index in [0.717, 1.165) is 16.0 Å². The number of carbonyl (C=O) groups excluding carboxylic acids is 1. The van der Waals surface area contributed by atoms with Crippen LogP contribution in [-0.2, 0) is 4.79 Å². The molecule has 1 heterocycles. The van der Waals surface area contributed by atoms with E-state index in [4.69, 9.17) is 4.74 Å². The zero-order valence-corrected chi connectivity index (χ0v) is 13.1. The molecule has 5 nitrogen and oxygen atoms in total. The monoisotopic (exact) mass is 315 g/mol. The van der Waals surface area contributed by atoms with E-state index in [1.165, 1.54) is 11.3 Å². The minimum Gasteiger partial charge on any atom is -0.494 e. The van der Waals surface area contributed by atoms with E-state index in [-0.39, 0.29) is 18.3 Å². The lowest BCUT2D eigenvalue weighted by Gasteiger charge is -2.00. The van der Waals surface area contributed by atoms with Crippen molar-refractivity contribution in [2.24, 2.45) is 0 Å². The van der Waals surface area contributed by atoms with Gasteiger partial charge < -0.3 is 15.4 Å². The fourth-order valence-electron chi connectivity index (χ4n) is 1.64. The van der Waals surface area contributed by atoms with Gasteiger partial charge >= 0.3 is 0 Å². The highest BCUT2D eigenvalue weighted by molar-refractivity contribution is 7.22. The molecule has 0 atom stereocenters. The summed E-state index contributed by atoms with van der Waals surface area (Å²) in [5.41, 5.74) is 0.873. The summed E-state index contributed by atoms with van der Waals surface area (Å²) >= 11 is 1.46. The van der Waals surface area contributed by atoms with Crippen molar-refractivity contribution in [1.29, 1.82) is 0 Å². The van der Waals surface area contributed by atoms with Crippen LogP contribution in [0, 0.1) is 0 Å². The number of halogens is 1. The third-order valence-electron chi connectivity index (χ3n) is 2.52. The standard InChI is InChI=1S/C13H17N3O2S.ClH/c1-3-18-9-4-5-10-11(8-9)19-13(15-10)16-12(17)6-7-14-2;/h4-5,8,14H,3,6-7H2,1-2H3,(H,15,16,17);1H. The molecule has 0 fully saturated rings. The highest BCUT2D eigenvalue weighted by atomic mass is 35.5. The Morgan fingerprint density at radius 2 is 2.25 bits per heavy atom. The molecule has 0 spiro atoms. The van der Waals surface area contributed by atoms with Crippen molar-refractivity contribution >= 4 is 45.0 Å². The highest BCUT2D eigenvalue weighted by Crippen LogP contribution is 2.29. The van der Waals surface area contributed by atoms with E-state index < -0.39 is 0 Å². The number of fused-ring (bicyclic) bond motifs is 1. The number of hydrogen-bond donors (Lipinski definition) is 2. The number of nitrogens with zero attached hydrogens (tertiary/aromatic N) is 1. The predicted molar refractivity (Wildman–Crippen MR) is 85.2 cm³/mol. The van der Waals surface area contributed by atoms with Crippen LogP contribution in [0.1, 0.15) is 13.3 Å². The van der Waals surface area contributed by atoms with Crippen LogP contribution in [0.2, 0.25) is 0 Å². The zero-order chi connectivity index (χ0) is 13.7. The second-order valence-corrected chi connectivity index (χ2v) is 5.01. The van der Waals surface area contributed by atoms with Gasteiger partial charge in [-0.25, -0.2) is 4.98 Å². The van der Waals surface area contributed by atoms with Gasteiger partial charge in [0.2, 0.25) is 5.91 Å². The van der Waals surface area contributed by atoms with Crippen molar-refractivity contribution in [1.82, 2.24) is 10.3 Å². The first-order valence-electron chi connectivity index (χ1n) is 6.20. The Kier molecular flexibility index (Phi) is 6.70. The Labute approximate surface area is 128 Å². The van der Waals surface area contributed by atoms with Crippen LogP contribution in [0.25, 0.3) is 10.2 Å². The first-order valence-corrected chi connectivity index (χ1v) is 7.02. The average molecular weight is 316 g/mol. The lowest BCUT2D eigenvalue weighted by atomic mass is 10.3. The molecular weight excluding hydrogens is 298 g/mol. The van der Waals surface area contributed by atoms with Crippen LogP contribution in [0.4, 0.5) is 5.13 Å². The van der Waals surface area contributed by atoms with Crippen molar-refractivity contribution in [3.63, 3.8) is 0 Å². The molecule has 1 amide bonds. The Bertz CT molecular complexity index is 574. The van der Waals surface area contributed by atoms with Gasteiger partial charge in [0, 0.05) is 13.0 Å². The number of aromatic nitrogens is 1. The Morgan fingerprint density at radius 3 is 2.95 bits per heavy atom. The van der Waals surface area contributed by atoms with Gasteiger partial charge in [0.15, 0.2) is 5.13 Å². The molecule has 0 saturated carbocycles. The molecule has 2 N–H and O–H groups in total. The van der Waals surface area contributed by atoms with Crippen LogP contribution in [0.3, 0.4) is 0 Å². The van der Waals surface area contributed by atoms with Gasteiger partial charge in [0.25, 0.3) is 0 Å². The molecule has 7 heteroatoms. The van der Waals surface area contributed by atoms with Crippen LogP contribution in [0.5, 0.6) is 5.75 Å². The summed E-state index contributed by atoms with van der Waals surface area (Å²) in [6.45, 7) is 3.24. The molecule has 20 heavy (non-hydrogen) atoms. The van der Waals surface area contributed by atoms with Crippen molar-refractivity contribution in [2.75, 3.05) is 25.5 Å². The van der Waals surface area contributed by atoms with E-state index in [1.54, 1.807) is 0 Å². The fourth-order valence-corrected chi connectivity index (χ4v) is 2.55. The van der Waals surface area contributed by atoms with Gasteiger partial charge in [0.05, 0.1) is 16.8 Å². The summed E-state index contributed by atoms with van der Waals surface area (Å²) < 4.78 is 6.45. The van der Waals surface area contributed by atoms with Crippen LogP contribution in [-0.4, -0.2) is 31.1 Å². The fraction of sp³-hybridized carbons (Fsp3) is 0.385. The summed E-state index contributed by atoms with van der Waals surface area (Å²) in [5, 5.41) is 6.37. The van der Waals surface area contributed by atoms with E-state index >= 15 is 0 Å². The van der Waals surface area contributed by atoms with Crippen molar-refractivity contribution in [3.8, 4) is 5.75 Å². The third kappa shape index (κ3) is 4.33. The molecule has 2 aromatic rings. The van der Waals surface area contributed by atoms with Crippen LogP contribution < -0.4 is 15.4 Å². The smallest absolute Gasteiger partial charge is 0.227 e. The predicted octanol–water partition coefficient (Wildman–Crippen LogP) is 2.66. The SMILES string of the molecule is CCOc1ccc2nc(NC(=O)CCNC)sc2c1.Cl. The van der Waals surface area contributed by atoms with Gasteiger partial charge in [0.1, 0.15) is 5.75 Å². The quantitative estimate of drug-likeness (QED) is 0.860. The minimum atomic E-state index is -0.0292. The van der Waals surface area contributed by atoms with Crippen molar-refractivity contribution in [2.45, 2.75) is 13.3 Å². The van der Waals surface area contributed by atoms with E-state index in [0.29, 0.717) is 24.7 Å². The summed E-state index contributed by atoms with van der Waals surface area (Å²) in [6, 6.07) is 5.73. The summed E-state index contributed by atoms with van der Waals surface area (Å²) in [5.74, 6) is 0.796. The molecule has 1 aromatic heterocycles. The second kappa shape index (κ2) is 8.04. The van der Waals surface area contributed by atoms with Crippen molar-refractivity contribution < 1.29 is 9.53 Å². The maximum atomic E-state index is 11.6. The first-order chi connectivity index (χ1) is 9.22. The highest BCUT2D eigenvalue weighted by Gasteiger charge is 2.08. The minimum absolute atomic E-state index is 0. The lowest BCUT2D eigenvalue weighted by molar-refractivity contribution is -0.116. The van der Waals surface area contributed by atoms with Crippen LogP contribution in [0.15, 0.2) is 18.2 Å². The average Bonchev–Trinajstić information content (AvgIpc) is 2.78. The number of hydrogen-bond acceptors (Lipinski definition) is 5. The molecule has 0 bridgehead atoms. The van der Waals surface area contributed by atoms with E-state index in [9.17, 15) is 4.79 Å². The molecular formula is C13H18ClN3O2S. The molecule has 110 valence electrons. The maximum absolute atomic E-state index is 11.6. The number of benzene rings is 1. The molecule has 0 aliphatic rings. The number of nitrogens with one attached hydrogen (secondary N) is 2. The largest absolute Gasteiger partial charge is 0.494 e. The molecule has 0 aliphatic heterocycles. The maximum Gasteiger partial charge on any atom is 0.227 e. The summed E-state index contributed by atoms with van der Waals surface area (Å²) in [7, 11) is 1.82. The number of rotatable bonds is 6. The number of ether oxygens (including phenoxy) is 1. The van der Waals surface area contributed by atoms with Crippen molar-refractivity contribution in [3.05, 3.63) is 18.2 Å². The normalized spacial score (nSPS) is 10.1. The van der Waals surface area contributed by atoms with E-state index in [2.05, 4.69) is 15.6 Å². The topological polar surface area (TPSA) is 63.2 Å². The Morgan fingerprint density at radius 1 is 1.45 bits per heavy atom. The number of amides is 1. The second-order valence-electron chi connectivity index (χ2n) is 3.98. The third-order valence-corrected chi connectivity index (χ3v) is 3.45. The van der Waals surface area contributed by atoms with Gasteiger partial charge in [-0.1, -0.05) is 11.3 Å². The molecule has 0 saturated heterocycles. The van der Waals surface area contributed by atoms with Gasteiger partial charge in [-0.15, -0.1) is 12.4 Å². The molecule has 2 rings (SSSR count). The molecule has 0 aliphatic carbocycles. The molecule has 0 radical (unpaired) electrons. The summed E-state index contributed by atoms with van der Waals surface area (Å²) in [4.78, 5) is 16.0. The van der Waals surface area contributed by atoms with Crippen LogP contribution >= 0.6 is 23.7 Å². The summed E-state index contributed by atoms with van der Waals surface area (Å²) in [6.07, 6.45) is 0.441. The van der Waals surface area contributed by atoms with Gasteiger partial charge in [-0.2, -0.15) is 0 Å². The first kappa shape index (κ1) is 16.7. The van der Waals surface area contributed by atoms with Gasteiger partial charge in [-0.05, 0) is 32.2 Å². The molecule has 0 unspecified atom stereocenters. The molecule has 1 aromatic carbocycles. The Hall–Kier alpha value is -1.37. The van der Waals surface area contributed by atoms with E-state index in [1.807, 2.05) is 32.2 Å². The number of anilines is 1. The van der Waals surface area contributed by atoms with Gasteiger partial charge in [-0.3, -0.25) is 4.79 Å². The number of thiazole rings is 1. The zero-order valence-electron chi connectivity index (χ0n) is 11.4. The Balaban J connectivity index is 0.00000200.